The van der Waals surface area contributed by atoms with E-state index in [4.69, 9.17) is 0 Å². The van der Waals surface area contributed by atoms with E-state index in [0.717, 1.165) is 12.0 Å². The highest BCUT2D eigenvalue weighted by molar-refractivity contribution is 4.98. The first-order valence-corrected chi connectivity index (χ1v) is 8.37. The molecule has 1 N–H and O–H groups in total. The van der Waals surface area contributed by atoms with E-state index in [9.17, 15) is 0 Å². The van der Waals surface area contributed by atoms with Gasteiger partial charge in [-0.25, -0.2) is 0 Å². The largest absolute Gasteiger partial charge is 0.308 e. The van der Waals surface area contributed by atoms with Crippen molar-refractivity contribution in [2.75, 3.05) is 19.6 Å². The van der Waals surface area contributed by atoms with Crippen molar-refractivity contribution in [1.29, 1.82) is 0 Å². The highest BCUT2D eigenvalue weighted by Crippen LogP contribution is 2.27. The zero-order valence-electron chi connectivity index (χ0n) is 13.1. The standard InChI is InChI=1S/C17H32N2/c1-4-16-12-18-17(5-2,6-3)14-19(16)13-15-10-8-7-9-11-15/h7-8,15-16,18H,4-6,9-14H2,1-3H3. The van der Waals surface area contributed by atoms with Crippen LogP contribution in [0.4, 0.5) is 0 Å². The van der Waals surface area contributed by atoms with Gasteiger partial charge in [0.05, 0.1) is 0 Å². The van der Waals surface area contributed by atoms with Gasteiger partial charge >= 0.3 is 0 Å². The van der Waals surface area contributed by atoms with Crippen molar-refractivity contribution in [1.82, 2.24) is 10.2 Å². The van der Waals surface area contributed by atoms with Gasteiger partial charge < -0.3 is 5.32 Å². The summed E-state index contributed by atoms with van der Waals surface area (Å²) in [5.74, 6) is 0.892. The molecule has 0 aromatic rings. The molecule has 2 unspecified atom stereocenters. The van der Waals surface area contributed by atoms with Crippen LogP contribution in [-0.2, 0) is 0 Å². The van der Waals surface area contributed by atoms with Crippen LogP contribution in [0, 0.1) is 5.92 Å². The second-order valence-corrected chi connectivity index (χ2v) is 6.51. The van der Waals surface area contributed by atoms with Crippen molar-refractivity contribution in [3.8, 4) is 0 Å². The summed E-state index contributed by atoms with van der Waals surface area (Å²) in [6, 6.07) is 0.747. The fourth-order valence-corrected chi connectivity index (χ4v) is 3.73. The average Bonchev–Trinajstić information content (AvgIpc) is 2.48. The molecule has 2 nitrogen and oxygen atoms in total. The molecule has 1 heterocycles. The number of hydrogen-bond acceptors (Lipinski definition) is 2. The number of hydrogen-bond donors (Lipinski definition) is 1. The average molecular weight is 264 g/mol. The zero-order chi connectivity index (χ0) is 13.7. The Balaban J connectivity index is 1.98. The maximum Gasteiger partial charge on any atom is 0.0304 e. The van der Waals surface area contributed by atoms with Gasteiger partial charge in [0.2, 0.25) is 0 Å². The fourth-order valence-electron chi connectivity index (χ4n) is 3.73. The lowest BCUT2D eigenvalue weighted by atomic mass is 9.86. The zero-order valence-corrected chi connectivity index (χ0v) is 13.1. The summed E-state index contributed by atoms with van der Waals surface area (Å²) in [6.07, 6.45) is 12.5. The van der Waals surface area contributed by atoms with E-state index < -0.39 is 0 Å². The number of nitrogens with one attached hydrogen (secondary N) is 1. The van der Waals surface area contributed by atoms with Gasteiger partial charge in [0, 0.05) is 31.2 Å². The van der Waals surface area contributed by atoms with Gasteiger partial charge in [-0.2, -0.15) is 0 Å². The van der Waals surface area contributed by atoms with E-state index >= 15 is 0 Å². The summed E-state index contributed by atoms with van der Waals surface area (Å²) in [4.78, 5) is 2.80. The molecular weight excluding hydrogens is 232 g/mol. The first kappa shape index (κ1) is 15.1. The SMILES string of the molecule is CCC1CNC(CC)(CC)CN1CC1CC=CCC1. The Kier molecular flexibility index (Phi) is 5.47. The van der Waals surface area contributed by atoms with Crippen LogP contribution in [0.25, 0.3) is 0 Å². The number of nitrogens with zero attached hydrogens (tertiary/aromatic N) is 1. The second-order valence-electron chi connectivity index (χ2n) is 6.51. The Morgan fingerprint density at radius 1 is 1.21 bits per heavy atom. The molecular formula is C17H32N2. The maximum absolute atomic E-state index is 3.84. The van der Waals surface area contributed by atoms with Gasteiger partial charge in [0.1, 0.15) is 0 Å². The van der Waals surface area contributed by atoms with E-state index in [2.05, 4.69) is 43.1 Å². The molecule has 2 rings (SSSR count). The van der Waals surface area contributed by atoms with Crippen LogP contribution in [0.1, 0.15) is 59.3 Å². The van der Waals surface area contributed by atoms with Crippen LogP contribution in [0.5, 0.6) is 0 Å². The van der Waals surface area contributed by atoms with Crippen LogP contribution >= 0.6 is 0 Å². The molecule has 110 valence electrons. The van der Waals surface area contributed by atoms with E-state index in [-0.39, 0.29) is 0 Å². The molecule has 1 aliphatic carbocycles. The first-order chi connectivity index (χ1) is 9.23. The van der Waals surface area contributed by atoms with Crippen molar-refractivity contribution in [2.45, 2.75) is 70.9 Å². The van der Waals surface area contributed by atoms with Gasteiger partial charge in [-0.1, -0.05) is 32.9 Å². The molecule has 2 heteroatoms. The lowest BCUT2D eigenvalue weighted by Gasteiger charge is -2.48. The smallest absolute Gasteiger partial charge is 0.0304 e. The molecule has 0 radical (unpaired) electrons. The molecule has 1 aliphatic heterocycles. The molecule has 2 aliphatic rings. The highest BCUT2D eigenvalue weighted by Gasteiger charge is 2.36. The van der Waals surface area contributed by atoms with Crippen LogP contribution < -0.4 is 5.32 Å². The van der Waals surface area contributed by atoms with Crippen molar-refractivity contribution in [3.05, 3.63) is 12.2 Å². The monoisotopic (exact) mass is 264 g/mol. The van der Waals surface area contributed by atoms with Crippen LogP contribution in [-0.4, -0.2) is 36.1 Å². The van der Waals surface area contributed by atoms with Crippen LogP contribution in [0.15, 0.2) is 12.2 Å². The normalized spacial score (nSPS) is 31.5. The van der Waals surface area contributed by atoms with Crippen LogP contribution in [0.2, 0.25) is 0 Å². The third-order valence-corrected chi connectivity index (χ3v) is 5.43. The Labute approximate surface area is 119 Å². The molecule has 1 saturated heterocycles. The molecule has 0 amide bonds. The Morgan fingerprint density at radius 2 is 2.00 bits per heavy atom. The maximum atomic E-state index is 3.84. The summed E-state index contributed by atoms with van der Waals surface area (Å²) in [5.41, 5.74) is 0.371. The predicted octanol–water partition coefficient (Wildman–Crippen LogP) is 3.59. The summed E-state index contributed by atoms with van der Waals surface area (Å²) >= 11 is 0. The highest BCUT2D eigenvalue weighted by atomic mass is 15.3. The summed E-state index contributed by atoms with van der Waals surface area (Å²) in [6.45, 7) is 10.8. The lowest BCUT2D eigenvalue weighted by Crippen LogP contribution is -2.64. The number of allylic oxidation sites excluding steroid dienone is 2. The topological polar surface area (TPSA) is 15.3 Å². The van der Waals surface area contributed by atoms with Gasteiger partial charge in [0.15, 0.2) is 0 Å². The van der Waals surface area contributed by atoms with E-state index in [1.54, 1.807) is 0 Å². The van der Waals surface area contributed by atoms with Crippen molar-refractivity contribution < 1.29 is 0 Å². The van der Waals surface area contributed by atoms with Gasteiger partial charge in [-0.15, -0.1) is 0 Å². The first-order valence-electron chi connectivity index (χ1n) is 8.37. The molecule has 1 fully saturated rings. The van der Waals surface area contributed by atoms with Gasteiger partial charge in [0.25, 0.3) is 0 Å². The molecule has 0 bridgehead atoms. The second kappa shape index (κ2) is 6.90. The summed E-state index contributed by atoms with van der Waals surface area (Å²) < 4.78 is 0. The van der Waals surface area contributed by atoms with Crippen molar-refractivity contribution in [2.24, 2.45) is 5.92 Å². The molecule has 2 atom stereocenters. The summed E-state index contributed by atoms with van der Waals surface area (Å²) in [7, 11) is 0. The van der Waals surface area contributed by atoms with Crippen molar-refractivity contribution in [3.63, 3.8) is 0 Å². The summed E-state index contributed by atoms with van der Waals surface area (Å²) in [5, 5.41) is 3.84. The Bertz CT molecular complexity index is 294. The lowest BCUT2D eigenvalue weighted by molar-refractivity contribution is 0.0559. The number of rotatable bonds is 5. The van der Waals surface area contributed by atoms with E-state index in [0.29, 0.717) is 5.54 Å². The predicted molar refractivity (Wildman–Crippen MR) is 83.4 cm³/mol. The van der Waals surface area contributed by atoms with Gasteiger partial charge in [-0.3, -0.25) is 4.90 Å². The molecule has 19 heavy (non-hydrogen) atoms. The quantitative estimate of drug-likeness (QED) is 0.764. The van der Waals surface area contributed by atoms with Gasteiger partial charge in [-0.05, 0) is 44.4 Å². The number of piperazine rings is 1. The fraction of sp³-hybridized carbons (Fsp3) is 0.882. The van der Waals surface area contributed by atoms with Crippen molar-refractivity contribution >= 4 is 0 Å². The molecule has 0 saturated carbocycles. The van der Waals surface area contributed by atoms with E-state index in [1.165, 1.54) is 58.2 Å². The minimum Gasteiger partial charge on any atom is -0.308 e. The molecule has 0 aromatic carbocycles. The van der Waals surface area contributed by atoms with E-state index in [1.807, 2.05) is 0 Å². The minimum atomic E-state index is 0.371. The Morgan fingerprint density at radius 3 is 2.58 bits per heavy atom. The molecule has 0 spiro atoms. The minimum absolute atomic E-state index is 0.371. The third kappa shape index (κ3) is 3.61. The third-order valence-electron chi connectivity index (χ3n) is 5.43. The molecule has 0 aromatic heterocycles. The Hall–Kier alpha value is -0.340. The van der Waals surface area contributed by atoms with Crippen LogP contribution in [0.3, 0.4) is 0 Å².